The number of amides is 1. The van der Waals surface area contributed by atoms with Crippen molar-refractivity contribution in [1.82, 2.24) is 10.2 Å². The Labute approximate surface area is 114 Å². The Morgan fingerprint density at radius 2 is 2.05 bits per heavy atom. The van der Waals surface area contributed by atoms with Gasteiger partial charge in [0.1, 0.15) is 5.75 Å². The highest BCUT2D eigenvalue weighted by Gasteiger charge is 2.12. The van der Waals surface area contributed by atoms with E-state index in [2.05, 4.69) is 20.8 Å². The van der Waals surface area contributed by atoms with Crippen LogP contribution in [0.25, 0.3) is 0 Å². The van der Waals surface area contributed by atoms with Crippen molar-refractivity contribution in [2.75, 3.05) is 24.3 Å². The van der Waals surface area contributed by atoms with Gasteiger partial charge in [-0.1, -0.05) is 11.3 Å². The van der Waals surface area contributed by atoms with Crippen LogP contribution in [0, 0.1) is 0 Å². The number of hydrogen-bond acceptors (Lipinski definition) is 6. The molecule has 2 aromatic rings. The van der Waals surface area contributed by atoms with Crippen LogP contribution in [0.1, 0.15) is 16.7 Å². The van der Waals surface area contributed by atoms with E-state index in [9.17, 15) is 4.79 Å². The number of hydrogen-bond donors (Lipinski definition) is 2. The summed E-state index contributed by atoms with van der Waals surface area (Å²) < 4.78 is 5.33. The summed E-state index contributed by atoms with van der Waals surface area (Å²) >= 11 is 1.20. The summed E-state index contributed by atoms with van der Waals surface area (Å²) in [7, 11) is 1.73. The van der Waals surface area contributed by atoms with Gasteiger partial charge < -0.3 is 15.4 Å². The molecule has 7 heteroatoms. The predicted octanol–water partition coefficient (Wildman–Crippen LogP) is 2.23. The smallest absolute Gasteiger partial charge is 0.286 e. The maximum Gasteiger partial charge on any atom is 0.286 e. The number of anilines is 2. The standard InChI is InChI=1S/C12H14N4O2S/c1-3-18-9-6-4-8(5-7-9)14-10(17)11-15-16-12(13-2)19-11/h4-7H,3H2,1-2H3,(H,13,16)(H,14,17). The maximum atomic E-state index is 11.9. The topological polar surface area (TPSA) is 76.1 Å². The fourth-order valence-corrected chi connectivity index (χ4v) is 1.99. The molecule has 0 bridgehead atoms. The molecule has 0 saturated heterocycles. The monoisotopic (exact) mass is 278 g/mol. The van der Waals surface area contributed by atoms with Crippen molar-refractivity contribution in [3.05, 3.63) is 29.3 Å². The molecule has 1 amide bonds. The van der Waals surface area contributed by atoms with E-state index in [4.69, 9.17) is 4.74 Å². The van der Waals surface area contributed by atoms with E-state index in [1.807, 2.05) is 6.92 Å². The molecular formula is C12H14N4O2S. The number of ether oxygens (including phenoxy) is 1. The summed E-state index contributed by atoms with van der Waals surface area (Å²) in [6.07, 6.45) is 0. The average Bonchev–Trinajstić information content (AvgIpc) is 2.90. The van der Waals surface area contributed by atoms with Gasteiger partial charge >= 0.3 is 0 Å². The highest BCUT2D eigenvalue weighted by atomic mass is 32.1. The third-order valence-corrected chi connectivity index (χ3v) is 3.20. The molecule has 100 valence electrons. The van der Waals surface area contributed by atoms with Crippen LogP contribution in [-0.2, 0) is 0 Å². The Balaban J connectivity index is 2.01. The summed E-state index contributed by atoms with van der Waals surface area (Å²) in [6.45, 7) is 2.54. The van der Waals surface area contributed by atoms with Crippen molar-refractivity contribution in [1.29, 1.82) is 0 Å². The lowest BCUT2D eigenvalue weighted by atomic mass is 10.3. The number of nitrogens with zero attached hydrogens (tertiary/aromatic N) is 2. The van der Waals surface area contributed by atoms with Crippen molar-refractivity contribution in [2.45, 2.75) is 6.92 Å². The van der Waals surface area contributed by atoms with E-state index in [0.29, 0.717) is 22.4 Å². The van der Waals surface area contributed by atoms with E-state index in [0.717, 1.165) is 5.75 Å². The second-order valence-corrected chi connectivity index (χ2v) is 4.55. The molecule has 2 rings (SSSR count). The SMILES string of the molecule is CCOc1ccc(NC(=O)c2nnc(NC)s2)cc1. The van der Waals surface area contributed by atoms with Crippen LogP contribution in [0.3, 0.4) is 0 Å². The molecular weight excluding hydrogens is 264 g/mol. The molecule has 0 atom stereocenters. The van der Waals surface area contributed by atoms with Crippen molar-refractivity contribution in [3.8, 4) is 5.75 Å². The predicted molar refractivity (Wildman–Crippen MR) is 75.0 cm³/mol. The zero-order valence-electron chi connectivity index (χ0n) is 10.6. The normalized spacial score (nSPS) is 10.0. The number of aromatic nitrogens is 2. The first-order chi connectivity index (χ1) is 9.22. The van der Waals surface area contributed by atoms with Gasteiger partial charge in [-0.2, -0.15) is 0 Å². The van der Waals surface area contributed by atoms with Gasteiger partial charge in [0, 0.05) is 12.7 Å². The van der Waals surface area contributed by atoms with Crippen LogP contribution in [0.15, 0.2) is 24.3 Å². The molecule has 0 unspecified atom stereocenters. The summed E-state index contributed by atoms with van der Waals surface area (Å²) in [4.78, 5) is 11.9. The van der Waals surface area contributed by atoms with E-state index < -0.39 is 0 Å². The third kappa shape index (κ3) is 3.41. The number of benzene rings is 1. The van der Waals surface area contributed by atoms with E-state index in [1.165, 1.54) is 11.3 Å². The highest BCUT2D eigenvalue weighted by Crippen LogP contribution is 2.18. The summed E-state index contributed by atoms with van der Waals surface area (Å²) in [5.41, 5.74) is 0.690. The van der Waals surface area contributed by atoms with Crippen LogP contribution in [0.5, 0.6) is 5.75 Å². The highest BCUT2D eigenvalue weighted by molar-refractivity contribution is 7.17. The van der Waals surface area contributed by atoms with Crippen molar-refractivity contribution < 1.29 is 9.53 Å². The van der Waals surface area contributed by atoms with Crippen LogP contribution in [0.4, 0.5) is 10.8 Å². The number of carbonyl (C=O) groups is 1. The molecule has 19 heavy (non-hydrogen) atoms. The largest absolute Gasteiger partial charge is 0.494 e. The molecule has 0 aliphatic carbocycles. The molecule has 1 aromatic heterocycles. The summed E-state index contributed by atoms with van der Waals surface area (Å²) in [5, 5.41) is 14.1. The van der Waals surface area contributed by atoms with Gasteiger partial charge in [0.25, 0.3) is 5.91 Å². The zero-order chi connectivity index (χ0) is 13.7. The third-order valence-electron chi connectivity index (χ3n) is 2.26. The molecule has 1 aromatic carbocycles. The first kappa shape index (κ1) is 13.3. The van der Waals surface area contributed by atoms with Crippen LogP contribution in [0.2, 0.25) is 0 Å². The molecule has 0 spiro atoms. The summed E-state index contributed by atoms with van der Waals surface area (Å²) in [6, 6.07) is 7.17. The number of rotatable bonds is 5. The van der Waals surface area contributed by atoms with Gasteiger partial charge in [-0.15, -0.1) is 10.2 Å². The van der Waals surface area contributed by atoms with Crippen molar-refractivity contribution >= 4 is 28.1 Å². The van der Waals surface area contributed by atoms with E-state index in [1.54, 1.807) is 31.3 Å². The lowest BCUT2D eigenvalue weighted by molar-refractivity contribution is 0.102. The van der Waals surface area contributed by atoms with Crippen molar-refractivity contribution in [2.24, 2.45) is 0 Å². The van der Waals surface area contributed by atoms with E-state index in [-0.39, 0.29) is 5.91 Å². The second-order valence-electron chi connectivity index (χ2n) is 3.57. The van der Waals surface area contributed by atoms with E-state index >= 15 is 0 Å². The zero-order valence-corrected chi connectivity index (χ0v) is 11.5. The quantitative estimate of drug-likeness (QED) is 0.877. The van der Waals surface area contributed by atoms with Gasteiger partial charge in [0.15, 0.2) is 0 Å². The molecule has 0 saturated carbocycles. The lowest BCUT2D eigenvalue weighted by Crippen LogP contribution is -2.11. The van der Waals surface area contributed by atoms with Crippen LogP contribution in [-0.4, -0.2) is 29.8 Å². The fourth-order valence-electron chi connectivity index (χ4n) is 1.40. The Morgan fingerprint density at radius 3 is 2.63 bits per heavy atom. The minimum atomic E-state index is -0.275. The first-order valence-corrected chi connectivity index (χ1v) is 6.60. The Morgan fingerprint density at radius 1 is 1.32 bits per heavy atom. The Bertz CT molecular complexity index is 553. The maximum absolute atomic E-state index is 11.9. The molecule has 0 aliphatic heterocycles. The number of carbonyl (C=O) groups excluding carboxylic acids is 1. The average molecular weight is 278 g/mol. The fraction of sp³-hybridized carbons (Fsp3) is 0.250. The molecule has 0 radical (unpaired) electrons. The molecule has 6 nitrogen and oxygen atoms in total. The lowest BCUT2D eigenvalue weighted by Gasteiger charge is -2.05. The van der Waals surface area contributed by atoms with Crippen LogP contribution < -0.4 is 15.4 Å². The molecule has 2 N–H and O–H groups in total. The van der Waals surface area contributed by atoms with Gasteiger partial charge in [0.2, 0.25) is 10.1 Å². The molecule has 0 aliphatic rings. The van der Waals surface area contributed by atoms with Crippen molar-refractivity contribution in [3.63, 3.8) is 0 Å². The Hall–Kier alpha value is -2.15. The van der Waals surface area contributed by atoms with Gasteiger partial charge in [-0.25, -0.2) is 0 Å². The molecule has 0 fully saturated rings. The van der Waals surface area contributed by atoms with Gasteiger partial charge in [-0.3, -0.25) is 4.79 Å². The second kappa shape index (κ2) is 6.14. The van der Waals surface area contributed by atoms with Gasteiger partial charge in [-0.05, 0) is 31.2 Å². The van der Waals surface area contributed by atoms with Gasteiger partial charge in [0.05, 0.1) is 6.61 Å². The minimum absolute atomic E-state index is 0.275. The number of nitrogens with one attached hydrogen (secondary N) is 2. The summed E-state index contributed by atoms with van der Waals surface area (Å²) in [5.74, 6) is 0.497. The molecule has 1 heterocycles. The first-order valence-electron chi connectivity index (χ1n) is 5.78. The Kier molecular flexibility index (Phi) is 4.30. The van der Waals surface area contributed by atoms with Crippen LogP contribution >= 0.6 is 11.3 Å². The minimum Gasteiger partial charge on any atom is -0.494 e.